The molecule has 1 atom stereocenters. The minimum Gasteiger partial charge on any atom is -0.478 e. The summed E-state index contributed by atoms with van der Waals surface area (Å²) in [7, 11) is 0. The lowest BCUT2D eigenvalue weighted by molar-refractivity contribution is 0.0698. The van der Waals surface area contributed by atoms with Gasteiger partial charge in [0.1, 0.15) is 0 Å². The summed E-state index contributed by atoms with van der Waals surface area (Å²) in [6, 6.07) is 1.48. The van der Waals surface area contributed by atoms with Gasteiger partial charge in [0.2, 0.25) is 0 Å². The molecular formula is C13H15N3O2S. The number of hydrogen-bond donors (Lipinski definition) is 2. The van der Waals surface area contributed by atoms with E-state index < -0.39 is 5.97 Å². The highest BCUT2D eigenvalue weighted by Crippen LogP contribution is 2.28. The Kier molecular flexibility index (Phi) is 3.80. The predicted molar refractivity (Wildman–Crippen MR) is 74.8 cm³/mol. The first-order valence-electron chi connectivity index (χ1n) is 5.86. The van der Waals surface area contributed by atoms with E-state index in [4.69, 9.17) is 5.11 Å². The van der Waals surface area contributed by atoms with Crippen molar-refractivity contribution in [1.82, 2.24) is 9.97 Å². The Morgan fingerprint density at radius 1 is 1.47 bits per heavy atom. The maximum absolute atomic E-state index is 11.1. The molecule has 1 unspecified atom stereocenters. The van der Waals surface area contributed by atoms with Crippen molar-refractivity contribution in [3.05, 3.63) is 39.6 Å². The van der Waals surface area contributed by atoms with E-state index in [2.05, 4.69) is 15.3 Å². The average molecular weight is 277 g/mol. The molecule has 2 aromatic rings. The molecule has 2 aromatic heterocycles. The highest BCUT2D eigenvalue weighted by Gasteiger charge is 2.16. The highest BCUT2D eigenvalue weighted by atomic mass is 32.1. The third-order valence-electron chi connectivity index (χ3n) is 2.76. The fraction of sp³-hybridized carbons (Fsp3) is 0.308. The molecule has 0 bridgehead atoms. The normalized spacial score (nSPS) is 12.2. The SMILES string of the molecule is Cc1nc(C)c(C(C)Nc2cnccc2C(=O)O)s1. The quantitative estimate of drug-likeness (QED) is 0.898. The summed E-state index contributed by atoms with van der Waals surface area (Å²) in [5.41, 5.74) is 1.72. The number of aryl methyl sites for hydroxylation is 2. The number of nitrogens with zero attached hydrogens (tertiary/aromatic N) is 2. The molecule has 5 nitrogen and oxygen atoms in total. The average Bonchev–Trinajstić information content (AvgIpc) is 2.69. The summed E-state index contributed by atoms with van der Waals surface area (Å²) in [6.07, 6.45) is 3.00. The molecule has 0 amide bonds. The van der Waals surface area contributed by atoms with Gasteiger partial charge in [-0.2, -0.15) is 0 Å². The molecule has 19 heavy (non-hydrogen) atoms. The Hall–Kier alpha value is -1.95. The van der Waals surface area contributed by atoms with E-state index in [1.807, 2.05) is 20.8 Å². The maximum atomic E-state index is 11.1. The number of rotatable bonds is 4. The smallest absolute Gasteiger partial charge is 0.337 e. The van der Waals surface area contributed by atoms with Gasteiger partial charge >= 0.3 is 5.97 Å². The van der Waals surface area contributed by atoms with E-state index >= 15 is 0 Å². The lowest BCUT2D eigenvalue weighted by atomic mass is 10.2. The number of thiazole rings is 1. The zero-order valence-corrected chi connectivity index (χ0v) is 11.8. The number of carbonyl (C=O) groups is 1. The van der Waals surface area contributed by atoms with E-state index in [0.717, 1.165) is 15.6 Å². The van der Waals surface area contributed by atoms with Crippen molar-refractivity contribution in [2.24, 2.45) is 0 Å². The molecule has 100 valence electrons. The van der Waals surface area contributed by atoms with Gasteiger partial charge in [-0.15, -0.1) is 11.3 Å². The van der Waals surface area contributed by atoms with Gasteiger partial charge in [-0.05, 0) is 26.8 Å². The molecule has 0 aliphatic rings. The standard InChI is InChI=1S/C13H15N3O2S/c1-7-12(19-9(3)15-7)8(2)16-11-6-14-5-4-10(11)13(17)18/h4-6,8,16H,1-3H3,(H,17,18). The number of pyridine rings is 1. The molecule has 0 saturated carbocycles. The number of carboxylic acids is 1. The summed E-state index contributed by atoms with van der Waals surface area (Å²) in [5.74, 6) is -0.964. The highest BCUT2D eigenvalue weighted by molar-refractivity contribution is 7.11. The fourth-order valence-corrected chi connectivity index (χ4v) is 2.87. The van der Waals surface area contributed by atoms with E-state index in [1.165, 1.54) is 18.5 Å². The second kappa shape index (κ2) is 5.36. The number of aromatic carboxylic acids is 1. The number of anilines is 1. The van der Waals surface area contributed by atoms with Crippen LogP contribution in [-0.4, -0.2) is 21.0 Å². The van der Waals surface area contributed by atoms with Crippen LogP contribution in [0.2, 0.25) is 0 Å². The number of nitrogens with one attached hydrogen (secondary N) is 1. The molecule has 0 aliphatic carbocycles. The Balaban J connectivity index is 2.26. The van der Waals surface area contributed by atoms with E-state index in [0.29, 0.717) is 5.69 Å². The van der Waals surface area contributed by atoms with Gasteiger partial charge in [-0.1, -0.05) is 0 Å². The van der Waals surface area contributed by atoms with E-state index in [1.54, 1.807) is 11.3 Å². The first kappa shape index (κ1) is 13.5. The second-order valence-corrected chi connectivity index (χ2v) is 5.51. The van der Waals surface area contributed by atoms with Crippen molar-refractivity contribution in [3.8, 4) is 0 Å². The number of aromatic nitrogens is 2. The monoisotopic (exact) mass is 277 g/mol. The molecular weight excluding hydrogens is 262 g/mol. The van der Waals surface area contributed by atoms with Crippen molar-refractivity contribution >= 4 is 23.0 Å². The van der Waals surface area contributed by atoms with Crippen molar-refractivity contribution in [1.29, 1.82) is 0 Å². The second-order valence-electron chi connectivity index (χ2n) is 4.27. The molecule has 2 rings (SSSR count). The third kappa shape index (κ3) is 2.90. The van der Waals surface area contributed by atoms with Crippen LogP contribution in [0.25, 0.3) is 0 Å². The molecule has 0 saturated heterocycles. The van der Waals surface area contributed by atoms with Gasteiger partial charge in [0.15, 0.2) is 0 Å². The van der Waals surface area contributed by atoms with Crippen molar-refractivity contribution in [2.75, 3.05) is 5.32 Å². The minimum absolute atomic E-state index is 0.00602. The van der Waals surface area contributed by atoms with Crippen LogP contribution in [0.15, 0.2) is 18.5 Å². The summed E-state index contributed by atoms with van der Waals surface area (Å²) < 4.78 is 0. The van der Waals surface area contributed by atoms with Gasteiger partial charge in [-0.25, -0.2) is 9.78 Å². The first-order chi connectivity index (χ1) is 8.99. The first-order valence-corrected chi connectivity index (χ1v) is 6.68. The molecule has 0 spiro atoms. The fourth-order valence-electron chi connectivity index (χ4n) is 1.94. The van der Waals surface area contributed by atoms with Crippen LogP contribution in [0, 0.1) is 13.8 Å². The van der Waals surface area contributed by atoms with Gasteiger partial charge in [0.05, 0.1) is 34.2 Å². The largest absolute Gasteiger partial charge is 0.478 e. The number of hydrogen-bond acceptors (Lipinski definition) is 5. The summed E-state index contributed by atoms with van der Waals surface area (Å²) in [5, 5.41) is 13.3. The van der Waals surface area contributed by atoms with Crippen molar-refractivity contribution < 1.29 is 9.90 Å². The predicted octanol–water partition coefficient (Wildman–Crippen LogP) is 3.03. The molecule has 0 aromatic carbocycles. The minimum atomic E-state index is -0.964. The van der Waals surface area contributed by atoms with Crippen LogP contribution >= 0.6 is 11.3 Å². The lowest BCUT2D eigenvalue weighted by Crippen LogP contribution is -2.10. The third-order valence-corrected chi connectivity index (χ3v) is 4.01. The molecule has 0 aliphatic heterocycles. The van der Waals surface area contributed by atoms with Crippen molar-refractivity contribution in [3.63, 3.8) is 0 Å². The summed E-state index contributed by atoms with van der Waals surface area (Å²) >= 11 is 1.61. The Bertz CT molecular complexity index is 610. The Morgan fingerprint density at radius 2 is 2.21 bits per heavy atom. The molecule has 2 heterocycles. The van der Waals surface area contributed by atoms with Crippen LogP contribution in [0.1, 0.15) is 38.9 Å². The van der Waals surface area contributed by atoms with Crippen LogP contribution < -0.4 is 5.32 Å². The Morgan fingerprint density at radius 3 is 2.79 bits per heavy atom. The molecule has 0 radical (unpaired) electrons. The summed E-state index contributed by atoms with van der Waals surface area (Å²) in [6.45, 7) is 5.90. The van der Waals surface area contributed by atoms with Crippen LogP contribution in [0.5, 0.6) is 0 Å². The molecule has 0 fully saturated rings. The van der Waals surface area contributed by atoms with Crippen LogP contribution in [-0.2, 0) is 0 Å². The van der Waals surface area contributed by atoms with Gasteiger partial charge < -0.3 is 10.4 Å². The van der Waals surface area contributed by atoms with E-state index in [-0.39, 0.29) is 11.6 Å². The van der Waals surface area contributed by atoms with Crippen LogP contribution in [0.3, 0.4) is 0 Å². The molecule has 6 heteroatoms. The summed E-state index contributed by atoms with van der Waals surface area (Å²) in [4.78, 5) is 20.6. The van der Waals surface area contributed by atoms with Gasteiger partial charge in [-0.3, -0.25) is 4.98 Å². The van der Waals surface area contributed by atoms with Crippen LogP contribution in [0.4, 0.5) is 5.69 Å². The Labute approximate surface area is 115 Å². The topological polar surface area (TPSA) is 75.1 Å². The molecule has 2 N–H and O–H groups in total. The number of carboxylic acid groups (broad SMARTS) is 1. The van der Waals surface area contributed by atoms with Crippen molar-refractivity contribution in [2.45, 2.75) is 26.8 Å². The zero-order valence-electron chi connectivity index (χ0n) is 11.0. The van der Waals surface area contributed by atoms with Gasteiger partial charge in [0, 0.05) is 11.1 Å². The zero-order chi connectivity index (χ0) is 14.0. The maximum Gasteiger partial charge on any atom is 0.337 e. The lowest BCUT2D eigenvalue weighted by Gasteiger charge is -2.15. The van der Waals surface area contributed by atoms with Gasteiger partial charge in [0.25, 0.3) is 0 Å². The van der Waals surface area contributed by atoms with E-state index in [9.17, 15) is 4.79 Å².